The molecule has 216 valence electrons. The standard InChI is InChI=1S/C32H28F2N2O6/c1-17-16-25(18(2)42-17)30(37)27-26(19-6-14-24(41-3)15-7-19)29(31(38)39)36(28(27)20-4-8-21(33)9-5-20)32(40)35-23-12-10-22(34)11-13-23/h4-16,26-29H,1-3H3,(H,35,40)(H,38,39). The number of ether oxygens (including phenoxy) is 1. The molecule has 5 rings (SSSR count). The van der Waals surface area contributed by atoms with Gasteiger partial charge in [0.1, 0.15) is 34.9 Å². The molecule has 2 amide bonds. The van der Waals surface area contributed by atoms with E-state index in [0.29, 0.717) is 28.4 Å². The first-order valence-corrected chi connectivity index (χ1v) is 13.2. The number of carboxylic acids is 1. The summed E-state index contributed by atoms with van der Waals surface area (Å²) in [6.07, 6.45) is 0. The van der Waals surface area contributed by atoms with Gasteiger partial charge in [0.15, 0.2) is 5.78 Å². The fourth-order valence-electron chi connectivity index (χ4n) is 5.76. The monoisotopic (exact) mass is 574 g/mol. The molecule has 0 aliphatic carbocycles. The number of aryl methyl sites for hydroxylation is 2. The van der Waals surface area contributed by atoms with Crippen LogP contribution in [-0.2, 0) is 4.79 Å². The SMILES string of the molecule is COc1ccc(C2C(C(=O)c3cc(C)oc3C)C(c3ccc(F)cc3)N(C(=O)Nc3ccc(F)cc3)C2C(=O)O)cc1. The van der Waals surface area contributed by atoms with Gasteiger partial charge in [0, 0.05) is 11.6 Å². The highest BCUT2D eigenvalue weighted by Crippen LogP contribution is 2.52. The van der Waals surface area contributed by atoms with Gasteiger partial charge in [0.2, 0.25) is 0 Å². The number of anilines is 1. The summed E-state index contributed by atoms with van der Waals surface area (Å²) < 4.78 is 38.5. The third kappa shape index (κ3) is 5.35. The van der Waals surface area contributed by atoms with Crippen LogP contribution in [0.1, 0.15) is 45.0 Å². The molecule has 0 radical (unpaired) electrons. The zero-order valence-electron chi connectivity index (χ0n) is 23.0. The van der Waals surface area contributed by atoms with Gasteiger partial charge in [-0.15, -0.1) is 0 Å². The van der Waals surface area contributed by atoms with Crippen LogP contribution in [0.4, 0.5) is 19.3 Å². The molecule has 2 N–H and O–H groups in total. The third-order valence-corrected chi connectivity index (χ3v) is 7.57. The van der Waals surface area contributed by atoms with Crippen LogP contribution in [0.15, 0.2) is 83.3 Å². The number of furan rings is 1. The Kier molecular flexibility index (Phi) is 7.80. The van der Waals surface area contributed by atoms with E-state index in [0.717, 1.165) is 17.0 Å². The highest BCUT2D eigenvalue weighted by molar-refractivity contribution is 6.03. The molecule has 42 heavy (non-hydrogen) atoms. The Balaban J connectivity index is 1.72. The van der Waals surface area contributed by atoms with E-state index in [-0.39, 0.29) is 11.3 Å². The number of nitrogens with zero attached hydrogens (tertiary/aromatic N) is 1. The van der Waals surface area contributed by atoms with Gasteiger partial charge in [-0.05, 0) is 79.6 Å². The van der Waals surface area contributed by atoms with E-state index in [1.807, 2.05) is 0 Å². The van der Waals surface area contributed by atoms with E-state index in [4.69, 9.17) is 9.15 Å². The normalized spacial score (nSPS) is 19.9. The van der Waals surface area contributed by atoms with Crippen molar-refractivity contribution < 1.29 is 37.4 Å². The lowest BCUT2D eigenvalue weighted by Gasteiger charge is -2.30. The molecule has 0 spiro atoms. The number of hydrogen-bond donors (Lipinski definition) is 2. The van der Waals surface area contributed by atoms with Gasteiger partial charge in [-0.3, -0.25) is 4.79 Å². The number of carboxylic acid groups (broad SMARTS) is 1. The van der Waals surface area contributed by atoms with E-state index in [1.165, 1.54) is 43.5 Å². The number of rotatable bonds is 7. The number of carbonyl (C=O) groups is 3. The largest absolute Gasteiger partial charge is 0.497 e. The second kappa shape index (κ2) is 11.5. The maximum absolute atomic E-state index is 14.4. The van der Waals surface area contributed by atoms with E-state index in [9.17, 15) is 28.3 Å². The minimum Gasteiger partial charge on any atom is -0.497 e. The molecule has 4 atom stereocenters. The van der Waals surface area contributed by atoms with Crippen LogP contribution in [0.2, 0.25) is 0 Å². The summed E-state index contributed by atoms with van der Waals surface area (Å²) in [6.45, 7) is 3.33. The predicted octanol–water partition coefficient (Wildman–Crippen LogP) is 6.51. The number of benzene rings is 3. The Morgan fingerprint density at radius 2 is 1.45 bits per heavy atom. The van der Waals surface area contributed by atoms with E-state index in [2.05, 4.69) is 5.32 Å². The van der Waals surface area contributed by atoms with Gasteiger partial charge >= 0.3 is 12.0 Å². The molecule has 1 aliphatic heterocycles. The summed E-state index contributed by atoms with van der Waals surface area (Å²) in [5, 5.41) is 13.3. The van der Waals surface area contributed by atoms with Crippen molar-refractivity contribution in [1.82, 2.24) is 4.90 Å². The number of likely N-dealkylation sites (tertiary alicyclic amines) is 1. The molecule has 10 heteroatoms. The lowest BCUT2D eigenvalue weighted by molar-refractivity contribution is -0.142. The van der Waals surface area contributed by atoms with Gasteiger partial charge in [0.05, 0.1) is 24.6 Å². The Bertz CT molecular complexity index is 1620. The average Bonchev–Trinajstić information content (AvgIpc) is 3.51. The highest BCUT2D eigenvalue weighted by Gasteiger charge is 2.58. The molecule has 8 nitrogen and oxygen atoms in total. The Labute approximate surface area is 240 Å². The van der Waals surface area contributed by atoms with Crippen molar-refractivity contribution in [1.29, 1.82) is 0 Å². The van der Waals surface area contributed by atoms with E-state index in [1.54, 1.807) is 44.2 Å². The lowest BCUT2D eigenvalue weighted by atomic mass is 9.76. The van der Waals surface area contributed by atoms with Gasteiger partial charge in [-0.1, -0.05) is 24.3 Å². The number of aliphatic carboxylic acids is 1. The maximum atomic E-state index is 14.4. The van der Waals surface area contributed by atoms with Crippen molar-refractivity contribution in [2.75, 3.05) is 12.4 Å². The number of Topliss-reactive ketones (excluding diaryl/α,β-unsaturated/α-hetero) is 1. The third-order valence-electron chi connectivity index (χ3n) is 7.57. The zero-order chi connectivity index (χ0) is 30.1. The smallest absolute Gasteiger partial charge is 0.327 e. The fraction of sp³-hybridized carbons (Fsp3) is 0.219. The van der Waals surface area contributed by atoms with Crippen molar-refractivity contribution in [3.8, 4) is 5.75 Å². The van der Waals surface area contributed by atoms with Gasteiger partial charge in [-0.25, -0.2) is 18.4 Å². The van der Waals surface area contributed by atoms with Crippen LogP contribution in [0, 0.1) is 31.4 Å². The summed E-state index contributed by atoms with van der Waals surface area (Å²) in [6, 6.07) is 15.0. The molecule has 1 fully saturated rings. The van der Waals surface area contributed by atoms with Crippen molar-refractivity contribution in [3.63, 3.8) is 0 Å². The number of nitrogens with one attached hydrogen (secondary N) is 1. The second-order valence-corrected chi connectivity index (χ2v) is 10.1. The topological polar surface area (TPSA) is 109 Å². The number of hydrogen-bond acceptors (Lipinski definition) is 5. The molecule has 3 aromatic carbocycles. The predicted molar refractivity (Wildman–Crippen MR) is 150 cm³/mol. The van der Waals surface area contributed by atoms with Crippen LogP contribution in [0.25, 0.3) is 0 Å². The number of ketones is 1. The highest BCUT2D eigenvalue weighted by atomic mass is 19.1. The molecule has 1 aromatic heterocycles. The van der Waals surface area contributed by atoms with Gasteiger partial charge in [0.25, 0.3) is 0 Å². The molecule has 4 aromatic rings. The Hall–Kier alpha value is -4.99. The fourth-order valence-corrected chi connectivity index (χ4v) is 5.76. The lowest BCUT2D eigenvalue weighted by Crippen LogP contribution is -2.45. The van der Waals surface area contributed by atoms with E-state index < -0.39 is 53.3 Å². The van der Waals surface area contributed by atoms with Crippen LogP contribution in [0.3, 0.4) is 0 Å². The second-order valence-electron chi connectivity index (χ2n) is 10.1. The number of amides is 2. The zero-order valence-corrected chi connectivity index (χ0v) is 23.0. The number of halogens is 2. The molecular formula is C32H28F2N2O6. The minimum absolute atomic E-state index is 0.223. The number of methoxy groups -OCH3 is 1. The van der Waals surface area contributed by atoms with Crippen molar-refractivity contribution >= 4 is 23.5 Å². The maximum Gasteiger partial charge on any atom is 0.327 e. The first kappa shape index (κ1) is 28.5. The quantitative estimate of drug-likeness (QED) is 0.244. The van der Waals surface area contributed by atoms with Gasteiger partial charge in [-0.2, -0.15) is 0 Å². The number of carbonyl (C=O) groups excluding carboxylic acids is 2. The summed E-state index contributed by atoms with van der Waals surface area (Å²) in [5.74, 6) is -3.59. The molecule has 4 unspecified atom stereocenters. The first-order valence-electron chi connectivity index (χ1n) is 13.2. The van der Waals surface area contributed by atoms with Crippen molar-refractivity contribution in [2.24, 2.45) is 5.92 Å². The number of urea groups is 1. The molecule has 0 bridgehead atoms. The van der Waals surface area contributed by atoms with Crippen LogP contribution >= 0.6 is 0 Å². The van der Waals surface area contributed by atoms with Crippen LogP contribution in [0.5, 0.6) is 5.75 Å². The average molecular weight is 575 g/mol. The van der Waals surface area contributed by atoms with Gasteiger partial charge < -0.3 is 24.5 Å². The summed E-state index contributed by atoms with van der Waals surface area (Å²) in [4.78, 5) is 42.5. The van der Waals surface area contributed by atoms with Crippen molar-refractivity contribution in [2.45, 2.75) is 31.8 Å². The minimum atomic E-state index is -1.52. The Morgan fingerprint density at radius 1 is 0.881 bits per heavy atom. The van der Waals surface area contributed by atoms with Crippen molar-refractivity contribution in [3.05, 3.63) is 119 Å². The summed E-state index contributed by atoms with van der Waals surface area (Å²) in [5.41, 5.74) is 1.33. The van der Waals surface area contributed by atoms with Crippen LogP contribution in [-0.4, -0.2) is 40.9 Å². The summed E-state index contributed by atoms with van der Waals surface area (Å²) >= 11 is 0. The molecule has 0 saturated carbocycles. The molecule has 2 heterocycles. The van der Waals surface area contributed by atoms with E-state index >= 15 is 0 Å². The molecular weight excluding hydrogens is 546 g/mol. The Morgan fingerprint density at radius 3 is 1.98 bits per heavy atom. The molecule has 1 saturated heterocycles. The molecule has 1 aliphatic rings. The first-order chi connectivity index (χ1) is 20.1. The summed E-state index contributed by atoms with van der Waals surface area (Å²) in [7, 11) is 1.49. The van der Waals surface area contributed by atoms with Crippen LogP contribution < -0.4 is 10.1 Å².